The molecule has 4 rings (SSSR count). The zero-order valence-electron chi connectivity index (χ0n) is 15.3. The van der Waals surface area contributed by atoms with E-state index in [0.29, 0.717) is 45.6 Å². The van der Waals surface area contributed by atoms with E-state index in [0.717, 1.165) is 12.4 Å². The molecular formula is C18H16FN7O2. The maximum absolute atomic E-state index is 13.2. The van der Waals surface area contributed by atoms with E-state index in [1.807, 2.05) is 13.0 Å². The maximum atomic E-state index is 13.2. The third kappa shape index (κ3) is 3.31. The molecule has 10 heteroatoms. The Morgan fingerprint density at radius 2 is 1.93 bits per heavy atom. The predicted molar refractivity (Wildman–Crippen MR) is 98.1 cm³/mol. The SMILES string of the molecule is COc1cc(-c2ncc(F)cn2)cc2c(NC(C)c3nc(C)no3)ncnc12. The van der Waals surface area contributed by atoms with Crippen molar-refractivity contribution in [2.45, 2.75) is 19.9 Å². The van der Waals surface area contributed by atoms with Gasteiger partial charge in [-0.3, -0.25) is 0 Å². The van der Waals surface area contributed by atoms with Crippen LogP contribution in [-0.2, 0) is 0 Å². The van der Waals surface area contributed by atoms with Crippen LogP contribution in [0.1, 0.15) is 24.7 Å². The van der Waals surface area contributed by atoms with Gasteiger partial charge in [0.1, 0.15) is 29.5 Å². The van der Waals surface area contributed by atoms with E-state index in [-0.39, 0.29) is 6.04 Å². The first-order chi connectivity index (χ1) is 13.5. The van der Waals surface area contributed by atoms with E-state index in [1.165, 1.54) is 6.33 Å². The van der Waals surface area contributed by atoms with Crippen molar-refractivity contribution in [2.24, 2.45) is 0 Å². The quantitative estimate of drug-likeness (QED) is 0.557. The first-order valence-corrected chi connectivity index (χ1v) is 8.42. The standard InChI is InChI=1S/C18H16FN7O2/c1-9(18-25-10(2)26-28-18)24-17-13-4-11(16-20-6-12(19)7-21-16)5-14(27-3)15(13)22-8-23-17/h4-9H,1-3H3,(H,22,23,24). The fourth-order valence-electron chi connectivity index (χ4n) is 2.75. The van der Waals surface area contributed by atoms with Crippen LogP contribution in [0, 0.1) is 12.7 Å². The summed E-state index contributed by atoms with van der Waals surface area (Å²) in [4.78, 5) is 21.0. The van der Waals surface area contributed by atoms with Gasteiger partial charge in [0.15, 0.2) is 17.5 Å². The third-order valence-corrected chi connectivity index (χ3v) is 4.07. The summed E-state index contributed by atoms with van der Waals surface area (Å²) in [6, 6.07) is 3.28. The first-order valence-electron chi connectivity index (χ1n) is 8.42. The van der Waals surface area contributed by atoms with Crippen LogP contribution in [0.5, 0.6) is 5.75 Å². The molecule has 0 saturated carbocycles. The average molecular weight is 381 g/mol. The lowest BCUT2D eigenvalue weighted by molar-refractivity contribution is 0.364. The number of rotatable bonds is 5. The number of halogens is 1. The van der Waals surface area contributed by atoms with Crippen molar-refractivity contribution >= 4 is 16.7 Å². The Morgan fingerprint density at radius 1 is 1.14 bits per heavy atom. The van der Waals surface area contributed by atoms with Crippen molar-refractivity contribution in [3.8, 4) is 17.1 Å². The zero-order valence-corrected chi connectivity index (χ0v) is 15.3. The third-order valence-electron chi connectivity index (χ3n) is 4.07. The van der Waals surface area contributed by atoms with Gasteiger partial charge in [-0.15, -0.1) is 0 Å². The van der Waals surface area contributed by atoms with Gasteiger partial charge in [0, 0.05) is 10.9 Å². The Balaban J connectivity index is 1.80. The molecule has 9 nitrogen and oxygen atoms in total. The number of anilines is 1. The number of fused-ring (bicyclic) bond motifs is 1. The molecular weight excluding hydrogens is 365 g/mol. The number of aromatic nitrogens is 6. The molecule has 0 amide bonds. The van der Waals surface area contributed by atoms with E-state index in [9.17, 15) is 4.39 Å². The number of nitrogens with one attached hydrogen (secondary N) is 1. The van der Waals surface area contributed by atoms with Crippen LogP contribution in [-0.4, -0.2) is 37.2 Å². The number of benzene rings is 1. The number of ether oxygens (including phenoxy) is 1. The normalized spacial score (nSPS) is 12.1. The maximum Gasteiger partial charge on any atom is 0.248 e. The van der Waals surface area contributed by atoms with Crippen LogP contribution < -0.4 is 10.1 Å². The van der Waals surface area contributed by atoms with Crippen LogP contribution in [0.4, 0.5) is 10.2 Å². The predicted octanol–water partition coefficient (Wildman–Crippen LogP) is 3.10. The highest BCUT2D eigenvalue weighted by molar-refractivity contribution is 5.96. The van der Waals surface area contributed by atoms with Crippen LogP contribution in [0.3, 0.4) is 0 Å². The second kappa shape index (κ2) is 7.14. The smallest absolute Gasteiger partial charge is 0.248 e. The molecule has 28 heavy (non-hydrogen) atoms. The lowest BCUT2D eigenvalue weighted by Crippen LogP contribution is -2.09. The van der Waals surface area contributed by atoms with Gasteiger partial charge in [0.25, 0.3) is 0 Å². The van der Waals surface area contributed by atoms with Crippen LogP contribution in [0.15, 0.2) is 35.4 Å². The second-order valence-corrected chi connectivity index (χ2v) is 6.07. The van der Waals surface area contributed by atoms with Crippen molar-refractivity contribution in [1.82, 2.24) is 30.1 Å². The molecule has 0 bridgehead atoms. The Morgan fingerprint density at radius 3 is 2.61 bits per heavy atom. The molecule has 0 aliphatic heterocycles. The fraction of sp³-hybridized carbons (Fsp3) is 0.222. The number of methoxy groups -OCH3 is 1. The molecule has 0 fully saturated rings. The molecule has 3 aromatic heterocycles. The van der Waals surface area contributed by atoms with E-state index >= 15 is 0 Å². The van der Waals surface area contributed by atoms with E-state index in [1.54, 1.807) is 20.1 Å². The topological polar surface area (TPSA) is 112 Å². The summed E-state index contributed by atoms with van der Waals surface area (Å²) < 4.78 is 23.9. The lowest BCUT2D eigenvalue weighted by Gasteiger charge is -2.14. The van der Waals surface area contributed by atoms with Crippen molar-refractivity contribution < 1.29 is 13.7 Å². The summed E-state index contributed by atoms with van der Waals surface area (Å²) in [5.74, 6) is 1.91. The number of nitrogens with zero attached hydrogens (tertiary/aromatic N) is 6. The van der Waals surface area contributed by atoms with Gasteiger partial charge in [-0.1, -0.05) is 5.16 Å². The molecule has 0 aliphatic rings. The van der Waals surface area contributed by atoms with Crippen molar-refractivity contribution in [3.63, 3.8) is 0 Å². The molecule has 1 aromatic carbocycles. The van der Waals surface area contributed by atoms with Crippen molar-refractivity contribution in [3.05, 3.63) is 48.4 Å². The minimum Gasteiger partial charge on any atom is -0.494 e. The summed E-state index contributed by atoms with van der Waals surface area (Å²) in [5, 5.41) is 7.74. The highest BCUT2D eigenvalue weighted by atomic mass is 19.1. The summed E-state index contributed by atoms with van der Waals surface area (Å²) in [5.41, 5.74) is 1.25. The van der Waals surface area contributed by atoms with Gasteiger partial charge in [0.05, 0.1) is 19.5 Å². The Labute approximate surface area is 159 Å². The minimum atomic E-state index is -0.508. The largest absolute Gasteiger partial charge is 0.494 e. The second-order valence-electron chi connectivity index (χ2n) is 6.07. The summed E-state index contributed by atoms with van der Waals surface area (Å²) >= 11 is 0. The number of aryl methyl sites for hydroxylation is 1. The van der Waals surface area contributed by atoms with Gasteiger partial charge < -0.3 is 14.6 Å². The molecule has 1 atom stereocenters. The molecule has 4 aromatic rings. The zero-order chi connectivity index (χ0) is 19.7. The van der Waals surface area contributed by atoms with E-state index < -0.39 is 5.82 Å². The highest BCUT2D eigenvalue weighted by Crippen LogP contribution is 2.33. The van der Waals surface area contributed by atoms with Crippen molar-refractivity contribution in [2.75, 3.05) is 12.4 Å². The highest BCUT2D eigenvalue weighted by Gasteiger charge is 2.17. The molecule has 0 spiro atoms. The fourth-order valence-corrected chi connectivity index (χ4v) is 2.75. The minimum absolute atomic E-state index is 0.281. The molecule has 0 aliphatic carbocycles. The van der Waals surface area contributed by atoms with Gasteiger partial charge in [-0.25, -0.2) is 24.3 Å². The molecule has 0 radical (unpaired) electrons. The molecule has 3 heterocycles. The van der Waals surface area contributed by atoms with Gasteiger partial charge >= 0.3 is 0 Å². The Bertz CT molecular complexity index is 1130. The summed E-state index contributed by atoms with van der Waals surface area (Å²) in [6.07, 6.45) is 3.66. The van der Waals surface area contributed by atoms with Gasteiger partial charge in [-0.05, 0) is 26.0 Å². The first kappa shape index (κ1) is 17.7. The average Bonchev–Trinajstić information content (AvgIpc) is 3.14. The van der Waals surface area contributed by atoms with Crippen LogP contribution in [0.2, 0.25) is 0 Å². The molecule has 142 valence electrons. The van der Waals surface area contributed by atoms with E-state index in [4.69, 9.17) is 9.26 Å². The molecule has 1 N–H and O–H groups in total. The molecule has 0 saturated heterocycles. The van der Waals surface area contributed by atoms with Gasteiger partial charge in [-0.2, -0.15) is 4.98 Å². The summed E-state index contributed by atoms with van der Waals surface area (Å²) in [6.45, 7) is 3.63. The van der Waals surface area contributed by atoms with E-state index in [2.05, 4.69) is 35.4 Å². The number of hydrogen-bond acceptors (Lipinski definition) is 9. The molecule has 1 unspecified atom stereocenters. The lowest BCUT2D eigenvalue weighted by atomic mass is 10.1. The van der Waals surface area contributed by atoms with Crippen molar-refractivity contribution in [1.29, 1.82) is 0 Å². The van der Waals surface area contributed by atoms with Gasteiger partial charge in [0.2, 0.25) is 5.89 Å². The van der Waals surface area contributed by atoms with Crippen LogP contribution >= 0.6 is 0 Å². The van der Waals surface area contributed by atoms with Crippen LogP contribution in [0.25, 0.3) is 22.3 Å². The number of hydrogen-bond donors (Lipinski definition) is 1. The monoisotopic (exact) mass is 381 g/mol. The summed E-state index contributed by atoms with van der Waals surface area (Å²) in [7, 11) is 1.54. The Kier molecular flexibility index (Phi) is 4.52. The Hall–Kier alpha value is -3.69.